The summed E-state index contributed by atoms with van der Waals surface area (Å²) in [5.74, 6) is 0.351. The molecule has 1 fully saturated rings. The number of nitrogens with one attached hydrogen (secondary N) is 2. The zero-order valence-electron chi connectivity index (χ0n) is 17.9. The van der Waals surface area contributed by atoms with Gasteiger partial charge in [-0.1, -0.05) is 49.9 Å². The van der Waals surface area contributed by atoms with Crippen molar-refractivity contribution in [1.29, 1.82) is 0 Å². The van der Waals surface area contributed by atoms with Gasteiger partial charge in [0.25, 0.3) is 16.1 Å². The molecular formula is C23H26BrN3O5S. The summed E-state index contributed by atoms with van der Waals surface area (Å²) in [7, 11) is -4.28. The third-order valence-corrected chi connectivity index (χ3v) is 6.39. The van der Waals surface area contributed by atoms with Crippen LogP contribution in [0.4, 0.5) is 0 Å². The minimum atomic E-state index is -4.28. The molecule has 1 saturated carbocycles. The van der Waals surface area contributed by atoms with Gasteiger partial charge in [-0.2, -0.15) is 8.42 Å². The molecule has 176 valence electrons. The van der Waals surface area contributed by atoms with E-state index in [1.165, 1.54) is 18.9 Å². The van der Waals surface area contributed by atoms with Crippen LogP contribution in [0.3, 0.4) is 0 Å². The van der Waals surface area contributed by atoms with Gasteiger partial charge in [0.05, 0.1) is 4.47 Å². The molecular weight excluding hydrogens is 510 g/mol. The second kappa shape index (κ2) is 11.4. The molecule has 0 spiro atoms. The summed E-state index contributed by atoms with van der Waals surface area (Å²) in [4.78, 5) is 24.8. The molecule has 0 aliphatic heterocycles. The van der Waals surface area contributed by atoms with Crippen LogP contribution in [0.25, 0.3) is 6.08 Å². The zero-order valence-corrected chi connectivity index (χ0v) is 20.3. The minimum absolute atomic E-state index is 0.208. The van der Waals surface area contributed by atoms with Gasteiger partial charge in [-0.15, -0.1) is 0 Å². The first-order chi connectivity index (χ1) is 15.7. The highest BCUT2D eigenvalue weighted by molar-refractivity contribution is 9.10. The standard InChI is InChI=1S/C23H26BrN3O5S/c24-19-7-3-4-8-21(19)32-18-12-9-17(10-13-18)15-20(23(29)27-33(25,30)31)26-22(28)14-11-16-5-1-2-6-16/h3-4,7-10,12-13,15-16H,1-2,5-6,11,14H2,(H,26,28)(H,27,29)(H2,25,30,31)/b20-15-. The zero-order chi connectivity index (χ0) is 23.8. The van der Waals surface area contributed by atoms with Crippen LogP contribution in [0.1, 0.15) is 44.1 Å². The van der Waals surface area contributed by atoms with Gasteiger partial charge >= 0.3 is 0 Å². The summed E-state index contributed by atoms with van der Waals surface area (Å²) in [6, 6.07) is 14.2. The highest BCUT2D eigenvalue weighted by Crippen LogP contribution is 2.30. The maximum Gasteiger partial charge on any atom is 0.299 e. The predicted molar refractivity (Wildman–Crippen MR) is 129 cm³/mol. The van der Waals surface area contributed by atoms with E-state index in [1.807, 2.05) is 24.3 Å². The third kappa shape index (κ3) is 8.30. The molecule has 10 heteroatoms. The second-order valence-corrected chi connectivity index (χ2v) is 10.0. The number of benzene rings is 2. The fourth-order valence-corrected chi connectivity index (χ4v) is 4.38. The van der Waals surface area contributed by atoms with Crippen molar-refractivity contribution >= 4 is 44.0 Å². The van der Waals surface area contributed by atoms with Crippen molar-refractivity contribution in [3.63, 3.8) is 0 Å². The Bertz CT molecular complexity index is 1130. The molecule has 2 amide bonds. The smallest absolute Gasteiger partial charge is 0.299 e. The average Bonchev–Trinajstić information content (AvgIpc) is 3.27. The van der Waals surface area contributed by atoms with Gasteiger partial charge in [0.2, 0.25) is 5.91 Å². The lowest BCUT2D eigenvalue weighted by Gasteiger charge is -2.12. The van der Waals surface area contributed by atoms with E-state index in [1.54, 1.807) is 29.0 Å². The number of rotatable bonds is 9. The van der Waals surface area contributed by atoms with Crippen LogP contribution in [-0.4, -0.2) is 20.2 Å². The first-order valence-electron chi connectivity index (χ1n) is 10.6. The molecule has 4 N–H and O–H groups in total. The summed E-state index contributed by atoms with van der Waals surface area (Å²) >= 11 is 3.42. The van der Waals surface area contributed by atoms with Crippen molar-refractivity contribution in [2.75, 3.05) is 0 Å². The Balaban J connectivity index is 1.72. The van der Waals surface area contributed by atoms with E-state index >= 15 is 0 Å². The Hall–Kier alpha value is -2.69. The quantitative estimate of drug-likeness (QED) is 0.418. The van der Waals surface area contributed by atoms with Gasteiger partial charge in [0, 0.05) is 6.42 Å². The predicted octanol–water partition coefficient (Wildman–Crippen LogP) is 3.99. The monoisotopic (exact) mass is 535 g/mol. The Morgan fingerprint density at radius 3 is 2.39 bits per heavy atom. The summed E-state index contributed by atoms with van der Waals surface area (Å²) in [5, 5.41) is 7.45. The number of hydrogen-bond acceptors (Lipinski definition) is 5. The molecule has 3 rings (SSSR count). The lowest BCUT2D eigenvalue weighted by atomic mass is 10.0. The van der Waals surface area contributed by atoms with Crippen LogP contribution in [0.2, 0.25) is 0 Å². The van der Waals surface area contributed by atoms with E-state index < -0.39 is 16.1 Å². The fourth-order valence-electron chi connectivity index (χ4n) is 3.64. The number of carbonyl (C=O) groups is 2. The summed E-state index contributed by atoms with van der Waals surface area (Å²) < 4.78 is 30.9. The number of amides is 2. The third-order valence-electron chi connectivity index (χ3n) is 5.26. The first-order valence-corrected chi connectivity index (χ1v) is 12.9. The van der Waals surface area contributed by atoms with Crippen LogP contribution >= 0.6 is 15.9 Å². The van der Waals surface area contributed by atoms with Crippen molar-refractivity contribution in [2.24, 2.45) is 11.1 Å². The second-order valence-electron chi connectivity index (χ2n) is 7.87. The van der Waals surface area contributed by atoms with Gasteiger partial charge < -0.3 is 10.1 Å². The van der Waals surface area contributed by atoms with E-state index in [0.717, 1.165) is 23.7 Å². The molecule has 0 unspecified atom stereocenters. The van der Waals surface area contributed by atoms with Gasteiger partial charge in [0.1, 0.15) is 17.2 Å². The number of halogens is 1. The number of ether oxygens (including phenoxy) is 1. The molecule has 33 heavy (non-hydrogen) atoms. The van der Waals surface area contributed by atoms with Gasteiger partial charge in [-0.25, -0.2) is 9.86 Å². The fraction of sp³-hybridized carbons (Fsp3) is 0.304. The molecule has 0 bridgehead atoms. The molecule has 1 aliphatic rings. The molecule has 0 heterocycles. The van der Waals surface area contributed by atoms with Crippen molar-refractivity contribution in [3.05, 3.63) is 64.3 Å². The summed E-state index contributed by atoms with van der Waals surface area (Å²) in [6.07, 6.45) is 6.94. The molecule has 2 aromatic carbocycles. The first kappa shape index (κ1) is 24.9. The average molecular weight is 536 g/mol. The normalized spacial score (nSPS) is 14.7. The highest BCUT2D eigenvalue weighted by Gasteiger charge is 2.20. The molecule has 0 saturated heterocycles. The molecule has 2 aromatic rings. The molecule has 8 nitrogen and oxygen atoms in total. The molecule has 0 aromatic heterocycles. The number of nitrogens with two attached hydrogens (primary N) is 1. The van der Waals surface area contributed by atoms with Crippen molar-refractivity contribution in [1.82, 2.24) is 10.0 Å². The molecule has 0 atom stereocenters. The Labute approximate surface area is 201 Å². The van der Waals surface area contributed by atoms with Crippen LogP contribution in [0.15, 0.2) is 58.7 Å². The maximum atomic E-state index is 12.4. The summed E-state index contributed by atoms with van der Waals surface area (Å²) in [5.41, 5.74) is 0.352. The number of para-hydroxylation sites is 1. The Morgan fingerprint density at radius 1 is 1.09 bits per heavy atom. The van der Waals surface area contributed by atoms with Crippen LogP contribution in [0.5, 0.6) is 11.5 Å². The summed E-state index contributed by atoms with van der Waals surface area (Å²) in [6.45, 7) is 0. The van der Waals surface area contributed by atoms with E-state index in [0.29, 0.717) is 23.0 Å². The van der Waals surface area contributed by atoms with Gasteiger partial charge in [0.15, 0.2) is 0 Å². The van der Waals surface area contributed by atoms with Crippen molar-refractivity contribution in [2.45, 2.75) is 38.5 Å². The van der Waals surface area contributed by atoms with Gasteiger partial charge in [-0.3, -0.25) is 9.59 Å². The van der Waals surface area contributed by atoms with Crippen molar-refractivity contribution < 1.29 is 22.7 Å². The van der Waals surface area contributed by atoms with Crippen LogP contribution in [0, 0.1) is 5.92 Å². The number of hydrogen-bond donors (Lipinski definition) is 3. The van der Waals surface area contributed by atoms with Crippen molar-refractivity contribution in [3.8, 4) is 11.5 Å². The highest BCUT2D eigenvalue weighted by atomic mass is 79.9. The van der Waals surface area contributed by atoms with Crippen LogP contribution in [-0.2, 0) is 19.8 Å². The van der Waals surface area contributed by atoms with E-state index in [2.05, 4.69) is 21.2 Å². The largest absolute Gasteiger partial charge is 0.456 e. The molecule has 1 aliphatic carbocycles. The lowest BCUT2D eigenvalue weighted by Crippen LogP contribution is -2.41. The SMILES string of the molecule is NS(=O)(=O)NC(=O)/C(=C/c1ccc(Oc2ccccc2Br)cc1)NC(=O)CCC1CCCC1. The van der Waals surface area contributed by atoms with Crippen LogP contribution < -0.4 is 19.9 Å². The van der Waals surface area contributed by atoms with Gasteiger partial charge in [-0.05, 0) is 64.2 Å². The lowest BCUT2D eigenvalue weighted by molar-refractivity contribution is -0.123. The van der Waals surface area contributed by atoms with E-state index in [4.69, 9.17) is 9.88 Å². The number of carbonyl (C=O) groups excluding carboxylic acids is 2. The Kier molecular flexibility index (Phi) is 8.65. The molecule has 0 radical (unpaired) electrons. The maximum absolute atomic E-state index is 12.4. The Morgan fingerprint density at radius 2 is 1.76 bits per heavy atom. The minimum Gasteiger partial charge on any atom is -0.456 e. The van der Waals surface area contributed by atoms with E-state index in [9.17, 15) is 18.0 Å². The van der Waals surface area contributed by atoms with E-state index in [-0.39, 0.29) is 18.0 Å². The topological polar surface area (TPSA) is 128 Å².